The van der Waals surface area contributed by atoms with Crippen LogP contribution in [0.2, 0.25) is 0 Å². The van der Waals surface area contributed by atoms with Crippen LogP contribution in [0.3, 0.4) is 0 Å². The van der Waals surface area contributed by atoms with E-state index in [9.17, 15) is 19.2 Å². The molecule has 0 fully saturated rings. The van der Waals surface area contributed by atoms with Crippen LogP contribution in [0.15, 0.2) is 97.7 Å². The minimum Gasteiger partial charge on any atom is -0.330 e. The van der Waals surface area contributed by atoms with Gasteiger partial charge in [-0.3, -0.25) is 48.9 Å². The smallest absolute Gasteiger partial charge is 0.249 e. The predicted octanol–water partition coefficient (Wildman–Crippen LogP) is 5.64. The maximum atomic E-state index is 12.8. The second kappa shape index (κ2) is 18.2. The van der Waals surface area contributed by atoms with Crippen molar-refractivity contribution in [3.05, 3.63) is 165 Å². The van der Waals surface area contributed by atoms with E-state index in [0.29, 0.717) is 114 Å². The van der Waals surface area contributed by atoms with Gasteiger partial charge in [0.15, 0.2) is 0 Å². The van der Waals surface area contributed by atoms with Gasteiger partial charge in [0, 0.05) is 139 Å². The molecule has 4 aliphatic heterocycles. The Hall–Kier alpha value is -6.64. The van der Waals surface area contributed by atoms with Crippen LogP contribution in [-0.4, -0.2) is 86.1 Å². The molecule has 8 rings (SSSR count). The van der Waals surface area contributed by atoms with Gasteiger partial charge in [-0.15, -0.1) is 0 Å². The summed E-state index contributed by atoms with van der Waals surface area (Å²) in [6.45, 7) is 29.9. The Kier molecular flexibility index (Phi) is 12.5. The van der Waals surface area contributed by atoms with Crippen LogP contribution in [-0.2, 0) is 97.7 Å². The third kappa shape index (κ3) is 9.63. The molecule has 0 spiro atoms. The number of hydrogen-bond donors (Lipinski definition) is 0. The molecule has 330 valence electrons. The van der Waals surface area contributed by atoms with E-state index >= 15 is 0 Å². The van der Waals surface area contributed by atoms with Crippen molar-refractivity contribution in [1.82, 2.24) is 49.3 Å². The Balaban J connectivity index is 1.06. The molecular weight excluding hydrogens is 805 g/mol. The summed E-state index contributed by atoms with van der Waals surface area (Å²) in [5, 5.41) is 0. The van der Waals surface area contributed by atoms with Crippen LogP contribution in [0.1, 0.15) is 95.0 Å². The topological polar surface area (TPSA) is 139 Å². The molecule has 4 amide bonds. The SMILES string of the molecule is C=C(C)C(=O)N1Cc2cnc(CN(CCN(Cc3cc4c(cn3)CN(C(=O)C(=C)C)C4)Cc3cc4c(cn3)CN(C(=O)C(=C)C)C4)Cc3cc4c(cn3)CN(C(=O)C(=C)C)C4)cc2C1. The summed E-state index contributed by atoms with van der Waals surface area (Å²) in [7, 11) is 0. The second-order valence-electron chi connectivity index (χ2n) is 18.0. The molecule has 0 N–H and O–H groups in total. The first-order chi connectivity index (χ1) is 30.6. The first-order valence-electron chi connectivity index (χ1n) is 21.7. The van der Waals surface area contributed by atoms with E-state index in [0.717, 1.165) is 67.3 Å². The molecule has 64 heavy (non-hydrogen) atoms. The molecule has 14 heteroatoms. The van der Waals surface area contributed by atoms with Crippen LogP contribution in [0.5, 0.6) is 0 Å². The fourth-order valence-corrected chi connectivity index (χ4v) is 8.95. The third-order valence-electron chi connectivity index (χ3n) is 12.3. The van der Waals surface area contributed by atoms with Crippen LogP contribution in [0.25, 0.3) is 0 Å². The minimum atomic E-state index is -0.0586. The van der Waals surface area contributed by atoms with Gasteiger partial charge in [-0.1, -0.05) is 26.3 Å². The van der Waals surface area contributed by atoms with Crippen molar-refractivity contribution in [3.63, 3.8) is 0 Å². The molecular formula is C50H56N10O4. The van der Waals surface area contributed by atoms with Crippen LogP contribution >= 0.6 is 0 Å². The van der Waals surface area contributed by atoms with E-state index in [4.69, 9.17) is 19.9 Å². The minimum absolute atomic E-state index is 0.0586. The summed E-state index contributed by atoms with van der Waals surface area (Å²) in [6.07, 6.45) is 7.54. The van der Waals surface area contributed by atoms with Crippen molar-refractivity contribution in [1.29, 1.82) is 0 Å². The lowest BCUT2D eigenvalue weighted by Crippen LogP contribution is -2.35. The lowest BCUT2D eigenvalue weighted by atomic mass is 10.1. The Labute approximate surface area is 375 Å². The predicted molar refractivity (Wildman–Crippen MR) is 241 cm³/mol. The number of carbonyl (C=O) groups is 4. The van der Waals surface area contributed by atoms with E-state index < -0.39 is 0 Å². The molecule has 0 unspecified atom stereocenters. The molecule has 8 heterocycles. The molecule has 0 saturated carbocycles. The Morgan fingerprint density at radius 3 is 0.812 bits per heavy atom. The molecule has 0 aromatic carbocycles. The molecule has 4 aliphatic rings. The normalized spacial score (nSPS) is 14.8. The van der Waals surface area contributed by atoms with Gasteiger partial charge in [0.25, 0.3) is 0 Å². The number of rotatable bonds is 15. The number of nitrogens with zero attached hydrogens (tertiary/aromatic N) is 10. The summed E-state index contributed by atoms with van der Waals surface area (Å²) in [4.78, 5) is 82.7. The highest BCUT2D eigenvalue weighted by molar-refractivity contribution is 5.94. The lowest BCUT2D eigenvalue weighted by molar-refractivity contribution is -0.128. The molecule has 14 nitrogen and oxygen atoms in total. The number of carbonyl (C=O) groups excluding carboxylic acids is 4. The van der Waals surface area contributed by atoms with E-state index in [1.54, 1.807) is 47.3 Å². The number of amides is 4. The highest BCUT2D eigenvalue weighted by atomic mass is 16.2. The molecule has 0 saturated heterocycles. The lowest BCUT2D eigenvalue weighted by Gasteiger charge is -2.28. The van der Waals surface area contributed by atoms with Gasteiger partial charge in [-0.05, 0) is 96.5 Å². The molecule has 0 atom stereocenters. The van der Waals surface area contributed by atoms with Gasteiger partial charge < -0.3 is 19.6 Å². The van der Waals surface area contributed by atoms with Gasteiger partial charge in [0.2, 0.25) is 23.6 Å². The van der Waals surface area contributed by atoms with E-state index in [1.807, 2.05) is 24.8 Å². The largest absolute Gasteiger partial charge is 0.330 e. The van der Waals surface area contributed by atoms with Crippen molar-refractivity contribution in [3.8, 4) is 0 Å². The maximum Gasteiger partial charge on any atom is 0.249 e. The zero-order valence-corrected chi connectivity index (χ0v) is 37.5. The van der Waals surface area contributed by atoms with Crippen LogP contribution < -0.4 is 0 Å². The fourth-order valence-electron chi connectivity index (χ4n) is 8.95. The molecule has 0 bridgehead atoms. The summed E-state index contributed by atoms with van der Waals surface area (Å²) in [5.41, 5.74) is 14.0. The van der Waals surface area contributed by atoms with Crippen molar-refractivity contribution in [2.45, 2.75) is 106 Å². The van der Waals surface area contributed by atoms with Gasteiger partial charge in [-0.2, -0.15) is 0 Å². The summed E-state index contributed by atoms with van der Waals surface area (Å²) < 4.78 is 0. The average Bonchev–Trinajstić information content (AvgIpc) is 4.08. The van der Waals surface area contributed by atoms with Gasteiger partial charge in [0.05, 0.1) is 22.8 Å². The number of hydrogen-bond acceptors (Lipinski definition) is 10. The van der Waals surface area contributed by atoms with Crippen LogP contribution in [0.4, 0.5) is 0 Å². The molecule has 0 aliphatic carbocycles. The molecule has 4 aromatic rings. The second-order valence-corrected chi connectivity index (χ2v) is 18.0. The van der Waals surface area contributed by atoms with Crippen molar-refractivity contribution < 1.29 is 19.2 Å². The highest BCUT2D eigenvalue weighted by Crippen LogP contribution is 2.29. The zero-order chi connectivity index (χ0) is 45.4. The third-order valence-corrected chi connectivity index (χ3v) is 12.3. The Bertz CT molecular complexity index is 2280. The molecule has 0 radical (unpaired) electrons. The highest BCUT2D eigenvalue weighted by Gasteiger charge is 2.29. The summed E-state index contributed by atoms with van der Waals surface area (Å²) in [6, 6.07) is 8.43. The maximum absolute atomic E-state index is 12.8. The van der Waals surface area contributed by atoms with Crippen LogP contribution in [0, 0.1) is 0 Å². The zero-order valence-electron chi connectivity index (χ0n) is 37.5. The first kappa shape index (κ1) is 44.0. The Morgan fingerprint density at radius 2 is 0.609 bits per heavy atom. The van der Waals surface area contributed by atoms with Crippen molar-refractivity contribution >= 4 is 23.6 Å². The van der Waals surface area contributed by atoms with Gasteiger partial charge in [-0.25, -0.2) is 0 Å². The van der Waals surface area contributed by atoms with Crippen molar-refractivity contribution in [2.75, 3.05) is 13.1 Å². The van der Waals surface area contributed by atoms with E-state index in [-0.39, 0.29) is 23.6 Å². The fraction of sp³-hybridized carbons (Fsp3) is 0.360. The quantitative estimate of drug-likeness (QED) is 0.138. The number of fused-ring (bicyclic) bond motifs is 4. The Morgan fingerprint density at radius 1 is 0.406 bits per heavy atom. The summed E-state index contributed by atoms with van der Waals surface area (Å²) in [5.74, 6) is -0.234. The number of pyridine rings is 4. The monoisotopic (exact) mass is 860 g/mol. The standard InChI is InChI=1S/C50H56N10O4/c1-31(2)47(61)57-19-35-11-43(51-15-39(35)23-57)27-55(28-44-12-36-20-58(48(62)32(3)4)24-40(36)16-52-44)9-10-56(29-45-13-37-21-59(49(63)33(5)6)25-41(37)17-53-45)30-46-14-38-22-60(50(64)34(7)8)26-42(38)18-54-46/h11-18H,1,3,5,7,9-10,19-30H2,2,4,6,8H3. The first-order valence-corrected chi connectivity index (χ1v) is 21.7. The van der Waals surface area contributed by atoms with E-state index in [1.165, 1.54) is 0 Å². The van der Waals surface area contributed by atoms with Crippen molar-refractivity contribution in [2.24, 2.45) is 0 Å². The van der Waals surface area contributed by atoms with Gasteiger partial charge >= 0.3 is 0 Å². The van der Waals surface area contributed by atoms with Gasteiger partial charge in [0.1, 0.15) is 0 Å². The number of aromatic nitrogens is 4. The summed E-state index contributed by atoms with van der Waals surface area (Å²) >= 11 is 0. The van der Waals surface area contributed by atoms with E-state index in [2.05, 4.69) is 60.4 Å². The average molecular weight is 861 g/mol. The molecule has 4 aromatic heterocycles.